The van der Waals surface area contributed by atoms with Crippen molar-refractivity contribution >= 4 is 11.9 Å². The van der Waals surface area contributed by atoms with E-state index in [0.29, 0.717) is 31.1 Å². The number of aromatic nitrogens is 4. The monoisotopic (exact) mass is 305 g/mol. The van der Waals surface area contributed by atoms with Gasteiger partial charge in [-0.1, -0.05) is 0 Å². The lowest BCUT2D eigenvalue weighted by Crippen LogP contribution is -2.40. The molecule has 0 radical (unpaired) electrons. The highest BCUT2D eigenvalue weighted by Crippen LogP contribution is 2.21. The van der Waals surface area contributed by atoms with Crippen molar-refractivity contribution in [2.75, 3.05) is 6.54 Å². The summed E-state index contributed by atoms with van der Waals surface area (Å²) in [5, 5.41) is 13.4. The number of fused-ring (bicyclic) bond motifs is 3. The maximum absolute atomic E-state index is 12.2. The minimum atomic E-state index is -0.512. The molecule has 0 spiro atoms. The van der Waals surface area contributed by atoms with Crippen LogP contribution in [0.5, 0.6) is 0 Å². The van der Waals surface area contributed by atoms with E-state index in [1.54, 1.807) is 15.6 Å². The van der Waals surface area contributed by atoms with Gasteiger partial charge in [-0.05, 0) is 20.8 Å². The Kier molecular flexibility index (Phi) is 3.48. The van der Waals surface area contributed by atoms with E-state index in [2.05, 4.69) is 15.1 Å². The van der Waals surface area contributed by atoms with E-state index in [4.69, 9.17) is 9.84 Å². The predicted octanol–water partition coefficient (Wildman–Crippen LogP) is 0.910. The molecule has 1 aliphatic rings. The molecule has 0 aromatic carbocycles. The molecule has 0 saturated carbocycles. The maximum atomic E-state index is 12.2. The number of amides is 1. The quantitative estimate of drug-likeness (QED) is 0.842. The Hall–Kier alpha value is -2.22. The molecular formula is C14H19N5O3. The third-order valence-corrected chi connectivity index (χ3v) is 3.37. The fraction of sp³-hybridized carbons (Fsp3) is 0.571. The zero-order chi connectivity index (χ0) is 15.9. The first-order valence-corrected chi connectivity index (χ1v) is 7.18. The highest BCUT2D eigenvalue weighted by atomic mass is 16.6. The van der Waals surface area contributed by atoms with Gasteiger partial charge in [-0.15, -0.1) is 5.10 Å². The van der Waals surface area contributed by atoms with Crippen LogP contribution in [0.2, 0.25) is 0 Å². The van der Waals surface area contributed by atoms with Crippen LogP contribution in [0.4, 0.5) is 4.79 Å². The molecule has 1 amide bonds. The molecule has 0 saturated heterocycles. The van der Waals surface area contributed by atoms with Crippen LogP contribution in [0.15, 0.2) is 6.20 Å². The molecule has 2 aromatic rings. The lowest BCUT2D eigenvalue weighted by Gasteiger charge is -2.30. The summed E-state index contributed by atoms with van der Waals surface area (Å²) in [6, 6.07) is 0. The van der Waals surface area contributed by atoms with Crippen LogP contribution in [0, 0.1) is 0 Å². The summed E-state index contributed by atoms with van der Waals surface area (Å²) < 4.78 is 7.05. The number of hydrogen-bond acceptors (Lipinski definition) is 6. The molecule has 2 aromatic heterocycles. The molecule has 0 fully saturated rings. The molecule has 0 atom stereocenters. The summed E-state index contributed by atoms with van der Waals surface area (Å²) in [6.07, 6.45) is 2.02. The molecule has 118 valence electrons. The van der Waals surface area contributed by atoms with Gasteiger partial charge in [0, 0.05) is 24.7 Å². The highest BCUT2D eigenvalue weighted by molar-refractivity contribution is 5.68. The Balaban J connectivity index is 1.86. The minimum absolute atomic E-state index is 0.220. The van der Waals surface area contributed by atoms with Gasteiger partial charge in [0.05, 0.1) is 12.2 Å². The topological polar surface area (TPSA) is 92.8 Å². The third kappa shape index (κ3) is 2.74. The summed E-state index contributed by atoms with van der Waals surface area (Å²) in [5.74, 6) is 0.809. The van der Waals surface area contributed by atoms with E-state index >= 15 is 0 Å². The molecule has 1 aliphatic heterocycles. The predicted molar refractivity (Wildman–Crippen MR) is 77.1 cm³/mol. The van der Waals surface area contributed by atoms with Crippen molar-refractivity contribution in [3.63, 3.8) is 0 Å². The zero-order valence-corrected chi connectivity index (χ0v) is 12.9. The van der Waals surface area contributed by atoms with Gasteiger partial charge in [-0.2, -0.15) is 4.98 Å². The Morgan fingerprint density at radius 2 is 2.23 bits per heavy atom. The number of carbonyl (C=O) groups is 1. The molecule has 3 rings (SSSR count). The average molecular weight is 305 g/mol. The number of aliphatic hydroxyl groups is 1. The molecule has 8 nitrogen and oxygen atoms in total. The van der Waals surface area contributed by atoms with Gasteiger partial charge in [0.2, 0.25) is 0 Å². The Morgan fingerprint density at radius 3 is 2.91 bits per heavy atom. The smallest absolute Gasteiger partial charge is 0.410 e. The van der Waals surface area contributed by atoms with Crippen LogP contribution >= 0.6 is 0 Å². The van der Waals surface area contributed by atoms with Crippen molar-refractivity contribution in [3.8, 4) is 0 Å². The van der Waals surface area contributed by atoms with Gasteiger partial charge in [0.25, 0.3) is 5.78 Å². The van der Waals surface area contributed by atoms with E-state index in [1.807, 2.05) is 20.8 Å². The van der Waals surface area contributed by atoms with Crippen LogP contribution in [-0.2, 0) is 24.3 Å². The van der Waals surface area contributed by atoms with Gasteiger partial charge in [-0.3, -0.25) is 0 Å². The normalized spacial score (nSPS) is 15.0. The van der Waals surface area contributed by atoms with Crippen LogP contribution in [0.3, 0.4) is 0 Å². The first-order chi connectivity index (χ1) is 10.4. The lowest BCUT2D eigenvalue weighted by atomic mass is 10.1. The Labute approximate surface area is 127 Å². The molecular weight excluding hydrogens is 286 g/mol. The highest BCUT2D eigenvalue weighted by Gasteiger charge is 2.27. The second kappa shape index (κ2) is 5.20. The van der Waals surface area contributed by atoms with Gasteiger partial charge in [-0.25, -0.2) is 14.3 Å². The first-order valence-electron chi connectivity index (χ1n) is 7.18. The van der Waals surface area contributed by atoms with Crippen LogP contribution < -0.4 is 0 Å². The molecule has 1 N–H and O–H groups in total. The first kappa shape index (κ1) is 14.7. The lowest BCUT2D eigenvalue weighted by molar-refractivity contribution is 0.0222. The summed E-state index contributed by atoms with van der Waals surface area (Å²) in [4.78, 5) is 22.2. The number of carbonyl (C=O) groups excluding carboxylic acids is 1. The second-order valence-electron chi connectivity index (χ2n) is 6.28. The number of aliphatic hydroxyl groups excluding tert-OH is 1. The SMILES string of the molecule is CC(C)(C)OC(=O)N1CCc2c(cnc3nc(CO)nn23)C1. The second-order valence-corrected chi connectivity index (χ2v) is 6.28. The van der Waals surface area contributed by atoms with Gasteiger partial charge in [0.15, 0.2) is 5.82 Å². The summed E-state index contributed by atoms with van der Waals surface area (Å²) in [5.41, 5.74) is 1.37. The molecule has 0 aliphatic carbocycles. The van der Waals surface area contributed by atoms with E-state index in [0.717, 1.165) is 11.3 Å². The third-order valence-electron chi connectivity index (χ3n) is 3.37. The van der Waals surface area contributed by atoms with Crippen molar-refractivity contribution in [2.45, 2.75) is 45.9 Å². The van der Waals surface area contributed by atoms with Gasteiger partial charge >= 0.3 is 6.09 Å². The molecule has 8 heteroatoms. The van der Waals surface area contributed by atoms with Crippen LogP contribution in [0.1, 0.15) is 37.9 Å². The standard InChI is InChI=1S/C14H19N5O3/c1-14(2,3)22-13(21)18-5-4-10-9(7-18)6-15-12-16-11(8-20)17-19(10)12/h6,20H,4-5,7-8H2,1-3H3. The van der Waals surface area contributed by atoms with Crippen LogP contribution in [0.25, 0.3) is 5.78 Å². The summed E-state index contributed by atoms with van der Waals surface area (Å²) in [7, 11) is 0. The zero-order valence-electron chi connectivity index (χ0n) is 12.9. The fourth-order valence-electron chi connectivity index (χ4n) is 2.43. The van der Waals surface area contributed by atoms with Crippen molar-refractivity contribution < 1.29 is 14.6 Å². The van der Waals surface area contributed by atoms with Crippen molar-refractivity contribution in [2.24, 2.45) is 0 Å². The van der Waals surface area contributed by atoms with E-state index in [-0.39, 0.29) is 12.7 Å². The van der Waals surface area contributed by atoms with Gasteiger partial charge in [0.1, 0.15) is 12.2 Å². The number of ether oxygens (including phenoxy) is 1. The van der Waals surface area contributed by atoms with Crippen molar-refractivity contribution in [1.29, 1.82) is 0 Å². The Morgan fingerprint density at radius 1 is 1.45 bits per heavy atom. The number of rotatable bonds is 1. The summed E-state index contributed by atoms with van der Waals surface area (Å²) in [6.45, 7) is 6.30. The Bertz CT molecular complexity index is 719. The number of nitrogens with zero attached hydrogens (tertiary/aromatic N) is 5. The van der Waals surface area contributed by atoms with Crippen LogP contribution in [-0.4, -0.2) is 47.8 Å². The average Bonchev–Trinajstić information content (AvgIpc) is 2.88. The minimum Gasteiger partial charge on any atom is -0.444 e. The largest absolute Gasteiger partial charge is 0.444 e. The van der Waals surface area contributed by atoms with Gasteiger partial charge < -0.3 is 14.7 Å². The fourth-order valence-corrected chi connectivity index (χ4v) is 2.43. The number of hydrogen-bond donors (Lipinski definition) is 1. The molecule has 3 heterocycles. The van der Waals surface area contributed by atoms with E-state index in [1.165, 1.54) is 0 Å². The van der Waals surface area contributed by atoms with E-state index in [9.17, 15) is 4.79 Å². The van der Waals surface area contributed by atoms with E-state index < -0.39 is 5.60 Å². The molecule has 0 unspecified atom stereocenters. The van der Waals surface area contributed by atoms with Crippen molar-refractivity contribution in [1.82, 2.24) is 24.5 Å². The maximum Gasteiger partial charge on any atom is 0.410 e. The van der Waals surface area contributed by atoms with Crippen molar-refractivity contribution in [3.05, 3.63) is 23.3 Å². The molecule has 22 heavy (non-hydrogen) atoms. The molecule has 0 bridgehead atoms. The summed E-state index contributed by atoms with van der Waals surface area (Å²) >= 11 is 0.